The number of fused-ring (bicyclic) bond motifs is 1. The van der Waals surface area contributed by atoms with Crippen molar-refractivity contribution >= 4 is 28.7 Å². The molecule has 0 aromatic carbocycles. The summed E-state index contributed by atoms with van der Waals surface area (Å²) in [5, 5.41) is 14.9. The molecule has 0 amide bonds. The van der Waals surface area contributed by atoms with Gasteiger partial charge in [0.25, 0.3) is 0 Å². The Balaban J connectivity index is 2.03. The number of H-pyrrole nitrogens is 1. The summed E-state index contributed by atoms with van der Waals surface area (Å²) in [5.74, 6) is 1.80. The molecule has 6 nitrogen and oxygen atoms in total. The third kappa shape index (κ3) is 4.06. The summed E-state index contributed by atoms with van der Waals surface area (Å²) in [5.41, 5.74) is 1.36. The molecule has 0 saturated heterocycles. The van der Waals surface area contributed by atoms with Gasteiger partial charge in [0.15, 0.2) is 16.5 Å². The van der Waals surface area contributed by atoms with Crippen LogP contribution < -0.4 is 5.32 Å². The van der Waals surface area contributed by atoms with Crippen molar-refractivity contribution in [3.8, 4) is 0 Å². The van der Waals surface area contributed by atoms with Gasteiger partial charge in [0.2, 0.25) is 5.65 Å². The summed E-state index contributed by atoms with van der Waals surface area (Å²) in [4.78, 5) is 8.94. The second-order valence-electron chi connectivity index (χ2n) is 4.69. The molecule has 0 unspecified atom stereocenters. The Bertz CT molecular complexity index is 527. The predicted octanol–water partition coefficient (Wildman–Crippen LogP) is 3.24. The van der Waals surface area contributed by atoms with Crippen molar-refractivity contribution < 1.29 is 0 Å². The monoisotopic (exact) mass is 294 g/mol. The van der Waals surface area contributed by atoms with Gasteiger partial charge in [0.05, 0.1) is 0 Å². The first-order valence-corrected chi connectivity index (χ1v) is 8.29. The van der Waals surface area contributed by atoms with Gasteiger partial charge in [0.1, 0.15) is 0 Å². The fourth-order valence-corrected chi connectivity index (χ4v) is 2.56. The molecular formula is C13H22N6S. The number of nitrogens with zero attached hydrogens (tertiary/aromatic N) is 4. The summed E-state index contributed by atoms with van der Waals surface area (Å²) in [7, 11) is 0. The van der Waals surface area contributed by atoms with E-state index in [9.17, 15) is 0 Å². The van der Waals surface area contributed by atoms with Crippen LogP contribution >= 0.6 is 11.8 Å². The summed E-state index contributed by atoms with van der Waals surface area (Å²) < 4.78 is 0. The van der Waals surface area contributed by atoms with Crippen LogP contribution in [0.3, 0.4) is 0 Å². The number of unbranched alkanes of at least 4 members (excludes halogenated alkanes) is 3. The molecule has 0 aliphatic heterocycles. The zero-order chi connectivity index (χ0) is 14.2. The lowest BCUT2D eigenvalue weighted by atomic mass is 10.2. The van der Waals surface area contributed by atoms with Crippen molar-refractivity contribution in [3.63, 3.8) is 0 Å². The molecule has 0 aliphatic rings. The first kappa shape index (κ1) is 15.0. The van der Waals surface area contributed by atoms with Crippen LogP contribution in [0, 0.1) is 0 Å². The van der Waals surface area contributed by atoms with Crippen LogP contribution in [0.5, 0.6) is 0 Å². The van der Waals surface area contributed by atoms with E-state index in [1.807, 2.05) is 0 Å². The van der Waals surface area contributed by atoms with E-state index in [0.29, 0.717) is 5.65 Å². The summed E-state index contributed by atoms with van der Waals surface area (Å²) in [6, 6.07) is 0. The average Bonchev–Trinajstić information content (AvgIpc) is 2.93. The molecule has 0 aliphatic carbocycles. The van der Waals surface area contributed by atoms with Gasteiger partial charge in [-0.3, -0.25) is 0 Å². The molecule has 0 bridgehead atoms. The van der Waals surface area contributed by atoms with Crippen molar-refractivity contribution in [2.24, 2.45) is 0 Å². The lowest BCUT2D eigenvalue weighted by Gasteiger charge is -2.07. The molecule has 110 valence electrons. The van der Waals surface area contributed by atoms with Crippen LogP contribution in [-0.2, 0) is 0 Å². The Hall–Kier alpha value is -1.37. The Labute approximate surface area is 123 Å². The Morgan fingerprint density at radius 1 is 1.05 bits per heavy atom. The minimum Gasteiger partial charge on any atom is -0.368 e. The van der Waals surface area contributed by atoms with Gasteiger partial charge in [-0.05, 0) is 12.8 Å². The van der Waals surface area contributed by atoms with Crippen LogP contribution in [0.15, 0.2) is 5.16 Å². The highest BCUT2D eigenvalue weighted by Gasteiger charge is 2.11. The first-order valence-electron chi connectivity index (χ1n) is 7.30. The Morgan fingerprint density at radius 3 is 2.75 bits per heavy atom. The topological polar surface area (TPSA) is 79.4 Å². The standard InChI is InChI=1S/C13H22N6S/c1-3-5-6-7-8-14-11-10-12(18-19-17-10)16-13(15-11)20-9-4-2/h3-9H2,1-2H3,(H2,14,15,16,17,18,19). The number of hydrogen-bond donors (Lipinski definition) is 2. The normalized spacial score (nSPS) is 11.1. The first-order chi connectivity index (χ1) is 9.85. The average molecular weight is 294 g/mol. The lowest BCUT2D eigenvalue weighted by Crippen LogP contribution is -2.05. The highest BCUT2D eigenvalue weighted by atomic mass is 32.2. The molecule has 2 aromatic rings. The maximum Gasteiger partial charge on any atom is 0.207 e. The van der Waals surface area contributed by atoms with Crippen LogP contribution in [0.2, 0.25) is 0 Å². The third-order valence-electron chi connectivity index (χ3n) is 2.92. The molecule has 0 fully saturated rings. The van der Waals surface area contributed by atoms with E-state index in [4.69, 9.17) is 0 Å². The lowest BCUT2D eigenvalue weighted by molar-refractivity contribution is 0.684. The van der Waals surface area contributed by atoms with Crippen LogP contribution in [0.4, 0.5) is 5.82 Å². The maximum atomic E-state index is 4.55. The molecule has 2 heterocycles. The second kappa shape index (κ2) is 8.04. The number of nitrogens with one attached hydrogen (secondary N) is 2. The van der Waals surface area contributed by atoms with Gasteiger partial charge in [-0.25, -0.2) is 4.98 Å². The van der Waals surface area contributed by atoms with Crippen molar-refractivity contribution in [1.29, 1.82) is 0 Å². The molecule has 0 radical (unpaired) electrons. The van der Waals surface area contributed by atoms with Gasteiger partial charge in [-0.2, -0.15) is 15.3 Å². The zero-order valence-corrected chi connectivity index (χ0v) is 13.0. The fourth-order valence-electron chi connectivity index (χ4n) is 1.87. The molecule has 0 atom stereocenters. The van der Waals surface area contributed by atoms with E-state index in [-0.39, 0.29) is 0 Å². The molecule has 20 heavy (non-hydrogen) atoms. The molecule has 0 saturated carbocycles. The molecule has 2 N–H and O–H groups in total. The molecule has 2 aromatic heterocycles. The largest absolute Gasteiger partial charge is 0.368 e. The van der Waals surface area contributed by atoms with E-state index in [2.05, 4.69) is 44.5 Å². The van der Waals surface area contributed by atoms with Gasteiger partial charge < -0.3 is 5.32 Å². The van der Waals surface area contributed by atoms with Gasteiger partial charge >= 0.3 is 0 Å². The smallest absolute Gasteiger partial charge is 0.207 e. The third-order valence-corrected chi connectivity index (χ3v) is 3.97. The van der Waals surface area contributed by atoms with E-state index in [1.54, 1.807) is 11.8 Å². The number of hydrogen-bond acceptors (Lipinski definition) is 6. The maximum absolute atomic E-state index is 4.55. The number of anilines is 1. The summed E-state index contributed by atoms with van der Waals surface area (Å²) >= 11 is 1.66. The second-order valence-corrected chi connectivity index (χ2v) is 5.75. The summed E-state index contributed by atoms with van der Waals surface area (Å²) in [6.45, 7) is 5.28. The van der Waals surface area contributed by atoms with Crippen molar-refractivity contribution in [3.05, 3.63) is 0 Å². The number of thioether (sulfide) groups is 1. The predicted molar refractivity (Wildman–Crippen MR) is 83.1 cm³/mol. The molecule has 0 spiro atoms. The van der Waals surface area contributed by atoms with E-state index < -0.39 is 0 Å². The van der Waals surface area contributed by atoms with Crippen LogP contribution in [0.25, 0.3) is 11.2 Å². The van der Waals surface area contributed by atoms with Gasteiger partial charge in [-0.15, -0.1) is 5.10 Å². The van der Waals surface area contributed by atoms with Crippen molar-refractivity contribution in [1.82, 2.24) is 25.4 Å². The minimum atomic E-state index is 0.634. The number of aromatic nitrogens is 5. The molecular weight excluding hydrogens is 272 g/mol. The van der Waals surface area contributed by atoms with Gasteiger partial charge in [-0.1, -0.05) is 44.9 Å². The highest BCUT2D eigenvalue weighted by Crippen LogP contribution is 2.21. The van der Waals surface area contributed by atoms with E-state index in [1.165, 1.54) is 19.3 Å². The zero-order valence-electron chi connectivity index (χ0n) is 12.1. The fraction of sp³-hybridized carbons (Fsp3) is 0.692. The Kier molecular flexibility index (Phi) is 6.04. The number of aromatic amines is 1. The summed E-state index contributed by atoms with van der Waals surface area (Å²) in [6.07, 6.45) is 6.02. The Morgan fingerprint density at radius 2 is 1.95 bits per heavy atom. The quantitative estimate of drug-likeness (QED) is 0.420. The van der Waals surface area contributed by atoms with E-state index in [0.717, 1.165) is 41.6 Å². The van der Waals surface area contributed by atoms with Crippen molar-refractivity contribution in [2.45, 2.75) is 51.1 Å². The van der Waals surface area contributed by atoms with Gasteiger partial charge in [0, 0.05) is 12.3 Å². The highest BCUT2D eigenvalue weighted by molar-refractivity contribution is 7.99. The SMILES string of the molecule is CCCCCCNc1nc(SCCC)nc2n[nH]nc12. The molecule has 7 heteroatoms. The molecule has 2 rings (SSSR count). The van der Waals surface area contributed by atoms with Crippen molar-refractivity contribution in [2.75, 3.05) is 17.6 Å². The number of rotatable bonds is 9. The van der Waals surface area contributed by atoms with Crippen LogP contribution in [-0.4, -0.2) is 37.7 Å². The minimum absolute atomic E-state index is 0.634. The van der Waals surface area contributed by atoms with Crippen LogP contribution in [0.1, 0.15) is 46.0 Å². The van der Waals surface area contributed by atoms with E-state index >= 15 is 0 Å².